The minimum atomic E-state index is 0.321. The number of guanidine groups is 1. The highest BCUT2D eigenvalue weighted by Crippen LogP contribution is 2.27. The van der Waals surface area contributed by atoms with Crippen molar-refractivity contribution in [2.24, 2.45) is 10.9 Å². The lowest BCUT2D eigenvalue weighted by molar-refractivity contribution is -0.130. The lowest BCUT2D eigenvalue weighted by Gasteiger charge is -2.39. The number of amides is 1. The molecular formula is C21H36N6O. The van der Waals surface area contributed by atoms with Crippen LogP contribution in [0.4, 0.5) is 0 Å². The van der Waals surface area contributed by atoms with Crippen molar-refractivity contribution in [1.82, 2.24) is 24.7 Å². The van der Waals surface area contributed by atoms with E-state index in [-0.39, 0.29) is 0 Å². The van der Waals surface area contributed by atoms with Crippen LogP contribution >= 0.6 is 0 Å². The number of hydrogen-bond donors (Lipinski definition) is 1. The molecule has 2 atom stereocenters. The van der Waals surface area contributed by atoms with E-state index in [0.29, 0.717) is 24.3 Å². The van der Waals surface area contributed by atoms with E-state index in [1.165, 1.54) is 6.42 Å². The number of carbonyl (C=O) groups excluding carboxylic acids is 1. The van der Waals surface area contributed by atoms with Crippen LogP contribution in [0.15, 0.2) is 23.7 Å². The van der Waals surface area contributed by atoms with Gasteiger partial charge in [-0.05, 0) is 38.5 Å². The van der Waals surface area contributed by atoms with Crippen molar-refractivity contribution in [2.45, 2.75) is 58.4 Å². The Hall–Kier alpha value is -2.05. The molecule has 0 aromatic carbocycles. The predicted molar refractivity (Wildman–Crippen MR) is 112 cm³/mol. The van der Waals surface area contributed by atoms with Crippen LogP contribution in [0.2, 0.25) is 0 Å². The molecule has 2 saturated heterocycles. The summed E-state index contributed by atoms with van der Waals surface area (Å²) in [5.74, 6) is 1.95. The SMILES string of the molecule is CCNC(=NCCCN1CCCCCC1=O)N1CCC(C)C(n2ccnc2)C1. The second-order valence-corrected chi connectivity index (χ2v) is 8.07. The molecule has 0 aliphatic carbocycles. The summed E-state index contributed by atoms with van der Waals surface area (Å²) in [6.45, 7) is 9.79. The minimum absolute atomic E-state index is 0.321. The number of nitrogens with one attached hydrogen (secondary N) is 1. The first kappa shape index (κ1) is 20.7. The highest BCUT2D eigenvalue weighted by molar-refractivity contribution is 5.80. The first-order chi connectivity index (χ1) is 13.7. The number of hydrogen-bond acceptors (Lipinski definition) is 3. The van der Waals surface area contributed by atoms with E-state index in [1.807, 2.05) is 17.4 Å². The normalized spacial score (nSPS) is 24.4. The van der Waals surface area contributed by atoms with Crippen LogP contribution in [0.1, 0.15) is 58.4 Å². The zero-order valence-electron chi connectivity index (χ0n) is 17.5. The molecule has 0 saturated carbocycles. The average molecular weight is 389 g/mol. The fraction of sp³-hybridized carbons (Fsp3) is 0.762. The van der Waals surface area contributed by atoms with E-state index >= 15 is 0 Å². The molecule has 7 heteroatoms. The largest absolute Gasteiger partial charge is 0.357 e. The third-order valence-electron chi connectivity index (χ3n) is 5.98. The van der Waals surface area contributed by atoms with Crippen LogP contribution in [0.3, 0.4) is 0 Å². The van der Waals surface area contributed by atoms with Crippen molar-refractivity contribution in [1.29, 1.82) is 0 Å². The first-order valence-corrected chi connectivity index (χ1v) is 11.0. The molecule has 2 fully saturated rings. The highest BCUT2D eigenvalue weighted by Gasteiger charge is 2.28. The Morgan fingerprint density at radius 1 is 1.32 bits per heavy atom. The second-order valence-electron chi connectivity index (χ2n) is 8.07. The maximum atomic E-state index is 12.1. The average Bonchev–Trinajstić information content (AvgIpc) is 3.15. The lowest BCUT2D eigenvalue weighted by atomic mass is 9.93. The number of aliphatic imine (C=N–C) groups is 1. The van der Waals surface area contributed by atoms with Gasteiger partial charge in [0.05, 0.1) is 12.4 Å². The van der Waals surface area contributed by atoms with Gasteiger partial charge in [-0.3, -0.25) is 9.79 Å². The quantitative estimate of drug-likeness (QED) is 0.462. The van der Waals surface area contributed by atoms with Crippen LogP contribution in [-0.2, 0) is 4.79 Å². The van der Waals surface area contributed by atoms with Crippen molar-refractivity contribution in [3.8, 4) is 0 Å². The Morgan fingerprint density at radius 3 is 3.00 bits per heavy atom. The van der Waals surface area contributed by atoms with Gasteiger partial charge in [0.15, 0.2) is 5.96 Å². The van der Waals surface area contributed by atoms with Gasteiger partial charge >= 0.3 is 0 Å². The number of aromatic nitrogens is 2. The predicted octanol–water partition coefficient (Wildman–Crippen LogP) is 2.52. The Kier molecular flexibility index (Phi) is 7.74. The zero-order chi connectivity index (χ0) is 19.8. The Morgan fingerprint density at radius 2 is 2.21 bits per heavy atom. The van der Waals surface area contributed by atoms with Gasteiger partial charge in [-0.2, -0.15) is 0 Å². The minimum Gasteiger partial charge on any atom is -0.357 e. The summed E-state index contributed by atoms with van der Waals surface area (Å²) in [6, 6.07) is 0.426. The number of piperidine rings is 1. The number of imidazole rings is 1. The van der Waals surface area contributed by atoms with Gasteiger partial charge in [0.25, 0.3) is 0 Å². The van der Waals surface area contributed by atoms with E-state index in [4.69, 9.17) is 4.99 Å². The summed E-state index contributed by atoms with van der Waals surface area (Å²) in [5.41, 5.74) is 0. The molecule has 0 bridgehead atoms. The number of nitrogens with zero attached hydrogens (tertiary/aromatic N) is 5. The van der Waals surface area contributed by atoms with E-state index in [0.717, 1.165) is 70.9 Å². The zero-order valence-corrected chi connectivity index (χ0v) is 17.5. The maximum absolute atomic E-state index is 12.1. The molecule has 3 rings (SSSR count). The number of carbonyl (C=O) groups is 1. The summed E-state index contributed by atoms with van der Waals surface area (Å²) in [7, 11) is 0. The van der Waals surface area contributed by atoms with Gasteiger partial charge in [0.1, 0.15) is 0 Å². The third kappa shape index (κ3) is 5.49. The lowest BCUT2D eigenvalue weighted by Crippen LogP contribution is -2.49. The van der Waals surface area contributed by atoms with Crippen molar-refractivity contribution in [3.63, 3.8) is 0 Å². The van der Waals surface area contributed by atoms with Crippen molar-refractivity contribution < 1.29 is 4.79 Å². The molecule has 2 aliphatic rings. The van der Waals surface area contributed by atoms with Crippen LogP contribution in [0.25, 0.3) is 0 Å². The standard InChI is InChI=1S/C21H36N6O/c1-3-23-21(24-10-7-13-25-12-6-4-5-8-20(25)28)26-14-9-18(2)19(16-26)27-15-11-22-17-27/h11,15,17-19H,3-10,12-14,16H2,1-2H3,(H,23,24). The molecule has 2 aliphatic heterocycles. The fourth-order valence-electron chi connectivity index (χ4n) is 4.24. The molecule has 1 amide bonds. The second kappa shape index (κ2) is 10.5. The van der Waals surface area contributed by atoms with Crippen molar-refractivity contribution >= 4 is 11.9 Å². The van der Waals surface area contributed by atoms with E-state index in [2.05, 4.69) is 39.8 Å². The number of likely N-dealkylation sites (tertiary alicyclic amines) is 2. The van der Waals surface area contributed by atoms with Gasteiger partial charge in [0, 0.05) is 58.1 Å². The van der Waals surface area contributed by atoms with Gasteiger partial charge < -0.3 is 19.7 Å². The molecule has 1 N–H and O–H groups in total. The van der Waals surface area contributed by atoms with Gasteiger partial charge in [0.2, 0.25) is 5.91 Å². The summed E-state index contributed by atoms with van der Waals surface area (Å²) in [5, 5.41) is 3.46. The first-order valence-electron chi connectivity index (χ1n) is 11.0. The van der Waals surface area contributed by atoms with Crippen molar-refractivity contribution in [2.75, 3.05) is 39.3 Å². The van der Waals surface area contributed by atoms with E-state index in [1.54, 1.807) is 0 Å². The van der Waals surface area contributed by atoms with Gasteiger partial charge in [-0.1, -0.05) is 13.3 Å². The fourth-order valence-corrected chi connectivity index (χ4v) is 4.24. The smallest absolute Gasteiger partial charge is 0.222 e. The molecule has 28 heavy (non-hydrogen) atoms. The molecule has 2 unspecified atom stereocenters. The van der Waals surface area contributed by atoms with Crippen LogP contribution in [0.5, 0.6) is 0 Å². The Labute approximate surface area is 169 Å². The Balaban J connectivity index is 1.55. The molecule has 0 spiro atoms. The van der Waals surface area contributed by atoms with Gasteiger partial charge in [-0.15, -0.1) is 0 Å². The van der Waals surface area contributed by atoms with Crippen LogP contribution < -0.4 is 5.32 Å². The molecule has 3 heterocycles. The summed E-state index contributed by atoms with van der Waals surface area (Å²) >= 11 is 0. The van der Waals surface area contributed by atoms with Crippen LogP contribution in [0, 0.1) is 5.92 Å². The summed E-state index contributed by atoms with van der Waals surface area (Å²) in [4.78, 5) is 25.7. The summed E-state index contributed by atoms with van der Waals surface area (Å²) < 4.78 is 2.23. The molecule has 1 aromatic rings. The van der Waals surface area contributed by atoms with Crippen molar-refractivity contribution in [3.05, 3.63) is 18.7 Å². The van der Waals surface area contributed by atoms with Crippen LogP contribution in [-0.4, -0.2) is 70.5 Å². The van der Waals surface area contributed by atoms with Gasteiger partial charge in [-0.25, -0.2) is 4.98 Å². The summed E-state index contributed by atoms with van der Waals surface area (Å²) in [6.07, 6.45) is 12.0. The monoisotopic (exact) mass is 388 g/mol. The highest BCUT2D eigenvalue weighted by atomic mass is 16.2. The molecule has 7 nitrogen and oxygen atoms in total. The third-order valence-corrected chi connectivity index (χ3v) is 5.98. The Bertz CT molecular complexity index is 629. The number of rotatable bonds is 6. The van der Waals surface area contributed by atoms with E-state index < -0.39 is 0 Å². The molecule has 0 radical (unpaired) electrons. The maximum Gasteiger partial charge on any atom is 0.222 e. The molecular weight excluding hydrogens is 352 g/mol. The topological polar surface area (TPSA) is 65.8 Å². The molecule has 156 valence electrons. The molecule has 1 aromatic heterocycles. The van der Waals surface area contributed by atoms with E-state index in [9.17, 15) is 4.79 Å².